The second kappa shape index (κ2) is 9.83. The van der Waals surface area contributed by atoms with Crippen LogP contribution >= 0.6 is 15.9 Å². The summed E-state index contributed by atoms with van der Waals surface area (Å²) in [5, 5.41) is 13.7. The largest absolute Gasteiger partial charge is 0.343 e. The number of hydrogen-bond acceptors (Lipinski definition) is 4. The Morgan fingerprint density at radius 2 is 1.50 bits per heavy atom. The zero-order chi connectivity index (χ0) is 25.2. The number of nitrogens with zero attached hydrogens (tertiary/aromatic N) is 2. The minimum Gasteiger partial charge on any atom is -0.343 e. The highest BCUT2D eigenvalue weighted by molar-refractivity contribution is 9.10. The summed E-state index contributed by atoms with van der Waals surface area (Å²) in [7, 11) is 0. The van der Waals surface area contributed by atoms with Gasteiger partial charge in [-0.1, -0.05) is 64.0 Å². The lowest BCUT2D eigenvalue weighted by Gasteiger charge is -2.30. The maximum Gasteiger partial charge on any atom is 0.261 e. The zero-order valence-electron chi connectivity index (χ0n) is 19.7. The Bertz CT molecular complexity index is 1460. The van der Waals surface area contributed by atoms with Gasteiger partial charge in [-0.2, -0.15) is 5.10 Å². The highest BCUT2D eigenvalue weighted by Crippen LogP contribution is 2.38. The molecular formula is C28H24BrN5O2. The molecule has 1 aliphatic rings. The summed E-state index contributed by atoms with van der Waals surface area (Å²) in [4.78, 5) is 26.7. The molecule has 180 valence electrons. The van der Waals surface area contributed by atoms with Crippen LogP contribution in [-0.2, 0) is 4.79 Å². The fourth-order valence-electron chi connectivity index (χ4n) is 4.22. The predicted molar refractivity (Wildman–Crippen MR) is 145 cm³/mol. The monoisotopic (exact) mass is 541 g/mol. The van der Waals surface area contributed by atoms with Crippen LogP contribution in [0.1, 0.15) is 34.5 Å². The molecule has 36 heavy (non-hydrogen) atoms. The quantitative estimate of drug-likeness (QED) is 0.283. The van der Waals surface area contributed by atoms with Gasteiger partial charge in [-0.15, -0.1) is 0 Å². The lowest BCUT2D eigenvalue weighted by Crippen LogP contribution is -2.32. The smallest absolute Gasteiger partial charge is 0.261 e. The van der Waals surface area contributed by atoms with Crippen molar-refractivity contribution in [1.29, 1.82) is 0 Å². The predicted octanol–water partition coefficient (Wildman–Crippen LogP) is 6.13. The molecule has 5 rings (SSSR count). The topological polar surface area (TPSA) is 88.0 Å². The van der Waals surface area contributed by atoms with E-state index in [1.165, 1.54) is 6.20 Å². The van der Waals surface area contributed by atoms with Crippen molar-refractivity contribution in [2.24, 2.45) is 0 Å². The first-order valence-electron chi connectivity index (χ1n) is 11.5. The molecule has 2 amide bonds. The molecule has 0 saturated heterocycles. The number of para-hydroxylation sites is 1. The molecule has 8 heteroatoms. The molecule has 0 saturated carbocycles. The summed E-state index contributed by atoms with van der Waals surface area (Å²) in [5.41, 5.74) is 4.92. The minimum atomic E-state index is -0.529. The SMILES string of the molecule is CC1=C(C(=O)Nc2ccccc2)[C@@H](c2ccc(Br)cc2)n2ncc(C(=O)Nc3ccc(C)cc3)c2N1. The summed E-state index contributed by atoms with van der Waals surface area (Å²) in [6.45, 7) is 3.83. The van der Waals surface area contributed by atoms with E-state index < -0.39 is 6.04 Å². The zero-order valence-corrected chi connectivity index (χ0v) is 21.3. The highest BCUT2D eigenvalue weighted by atomic mass is 79.9. The van der Waals surface area contributed by atoms with Crippen molar-refractivity contribution >= 4 is 44.9 Å². The van der Waals surface area contributed by atoms with Gasteiger partial charge < -0.3 is 16.0 Å². The van der Waals surface area contributed by atoms with Gasteiger partial charge in [-0.05, 0) is 55.8 Å². The van der Waals surface area contributed by atoms with Crippen LogP contribution in [0.4, 0.5) is 17.2 Å². The molecule has 0 unspecified atom stereocenters. The number of carbonyl (C=O) groups excluding carboxylic acids is 2. The van der Waals surface area contributed by atoms with Gasteiger partial charge in [0.2, 0.25) is 0 Å². The lowest BCUT2D eigenvalue weighted by molar-refractivity contribution is -0.113. The average molecular weight is 542 g/mol. The summed E-state index contributed by atoms with van der Waals surface area (Å²) >= 11 is 3.48. The van der Waals surface area contributed by atoms with Crippen LogP contribution in [0.3, 0.4) is 0 Å². The molecule has 7 nitrogen and oxygen atoms in total. The molecule has 0 fully saturated rings. The lowest BCUT2D eigenvalue weighted by atomic mass is 9.94. The number of benzene rings is 3. The molecule has 1 atom stereocenters. The van der Waals surface area contributed by atoms with Crippen molar-refractivity contribution < 1.29 is 9.59 Å². The Morgan fingerprint density at radius 1 is 0.861 bits per heavy atom. The molecule has 4 aromatic rings. The van der Waals surface area contributed by atoms with Crippen LogP contribution in [0.2, 0.25) is 0 Å². The van der Waals surface area contributed by atoms with Gasteiger partial charge in [0.05, 0.1) is 11.8 Å². The van der Waals surface area contributed by atoms with Gasteiger partial charge in [0.1, 0.15) is 17.4 Å². The Labute approximate surface area is 217 Å². The highest BCUT2D eigenvalue weighted by Gasteiger charge is 2.35. The van der Waals surface area contributed by atoms with Crippen molar-refractivity contribution in [2.75, 3.05) is 16.0 Å². The van der Waals surface area contributed by atoms with Gasteiger partial charge in [0.25, 0.3) is 11.8 Å². The molecule has 0 aliphatic carbocycles. The number of fused-ring (bicyclic) bond motifs is 1. The number of rotatable bonds is 5. The Balaban J connectivity index is 1.53. The molecule has 3 N–H and O–H groups in total. The van der Waals surface area contributed by atoms with Crippen molar-refractivity contribution in [3.63, 3.8) is 0 Å². The van der Waals surface area contributed by atoms with Crippen LogP contribution in [0.5, 0.6) is 0 Å². The maximum atomic E-state index is 13.5. The van der Waals surface area contributed by atoms with Gasteiger partial charge >= 0.3 is 0 Å². The summed E-state index contributed by atoms with van der Waals surface area (Å²) in [6, 6.07) is 24.1. The first-order valence-corrected chi connectivity index (χ1v) is 12.2. The molecule has 3 aromatic carbocycles. The third-order valence-electron chi connectivity index (χ3n) is 6.04. The second-order valence-electron chi connectivity index (χ2n) is 8.61. The molecule has 0 bridgehead atoms. The standard InChI is InChI=1S/C28H24BrN5O2/c1-17-8-14-22(15-9-17)32-27(35)23-16-30-34-25(19-10-12-20(29)13-11-19)24(18(2)31-26(23)34)28(36)33-21-6-4-3-5-7-21/h3-16,25,31H,1-2H3,(H,32,35)(H,33,36)/t25-/m1/s1. The molecule has 1 aliphatic heterocycles. The number of allylic oxidation sites excluding steroid dienone is 1. The van der Waals surface area contributed by atoms with Crippen molar-refractivity contribution in [2.45, 2.75) is 19.9 Å². The van der Waals surface area contributed by atoms with Gasteiger partial charge in [0, 0.05) is 21.5 Å². The third-order valence-corrected chi connectivity index (χ3v) is 6.57. The average Bonchev–Trinajstić information content (AvgIpc) is 3.29. The normalized spacial score (nSPS) is 14.6. The van der Waals surface area contributed by atoms with E-state index in [9.17, 15) is 9.59 Å². The summed E-state index contributed by atoms with van der Waals surface area (Å²) in [6.07, 6.45) is 1.53. The van der Waals surface area contributed by atoms with E-state index in [4.69, 9.17) is 0 Å². The van der Waals surface area contributed by atoms with Crippen molar-refractivity contribution in [3.8, 4) is 0 Å². The van der Waals surface area contributed by atoms with Gasteiger partial charge in [-0.25, -0.2) is 4.68 Å². The summed E-state index contributed by atoms with van der Waals surface area (Å²) < 4.78 is 2.62. The van der Waals surface area contributed by atoms with Crippen LogP contribution in [0, 0.1) is 6.92 Å². The Morgan fingerprint density at radius 3 is 2.19 bits per heavy atom. The minimum absolute atomic E-state index is 0.245. The molecular weight excluding hydrogens is 518 g/mol. The number of halogens is 1. The van der Waals surface area contributed by atoms with E-state index in [-0.39, 0.29) is 11.8 Å². The fourth-order valence-corrected chi connectivity index (χ4v) is 4.49. The first kappa shape index (κ1) is 23.6. The molecule has 0 radical (unpaired) electrons. The number of hydrogen-bond donors (Lipinski definition) is 3. The Kier molecular flexibility index (Phi) is 6.43. The first-order chi connectivity index (χ1) is 17.4. The van der Waals surface area contributed by atoms with E-state index in [1.54, 1.807) is 4.68 Å². The van der Waals surface area contributed by atoms with Crippen LogP contribution < -0.4 is 16.0 Å². The summed E-state index contributed by atoms with van der Waals surface area (Å²) in [5.74, 6) is -0.000589. The van der Waals surface area contributed by atoms with Gasteiger partial charge in [-0.3, -0.25) is 9.59 Å². The fraction of sp³-hybridized carbons (Fsp3) is 0.107. The number of carbonyl (C=O) groups is 2. The van der Waals surface area contributed by atoms with E-state index in [0.29, 0.717) is 34.0 Å². The number of aromatic nitrogens is 2. The number of anilines is 3. The second-order valence-corrected chi connectivity index (χ2v) is 9.53. The van der Waals surface area contributed by atoms with Crippen molar-refractivity contribution in [1.82, 2.24) is 9.78 Å². The van der Waals surface area contributed by atoms with E-state index in [1.807, 2.05) is 92.7 Å². The molecule has 2 heterocycles. The third kappa shape index (κ3) is 4.67. The Hall–Kier alpha value is -4.17. The van der Waals surface area contributed by atoms with E-state index in [0.717, 1.165) is 15.6 Å². The number of aryl methyl sites for hydroxylation is 1. The van der Waals surface area contributed by atoms with Crippen LogP contribution in [-0.4, -0.2) is 21.6 Å². The maximum absolute atomic E-state index is 13.5. The van der Waals surface area contributed by atoms with Crippen molar-refractivity contribution in [3.05, 3.63) is 117 Å². The molecule has 1 aromatic heterocycles. The van der Waals surface area contributed by atoms with Crippen LogP contribution in [0.25, 0.3) is 0 Å². The van der Waals surface area contributed by atoms with E-state index >= 15 is 0 Å². The number of amides is 2. The number of nitrogens with one attached hydrogen (secondary N) is 3. The van der Waals surface area contributed by atoms with Crippen LogP contribution in [0.15, 0.2) is 101 Å². The van der Waals surface area contributed by atoms with E-state index in [2.05, 4.69) is 37.0 Å². The molecule has 0 spiro atoms. The van der Waals surface area contributed by atoms with Gasteiger partial charge in [0.15, 0.2) is 0 Å².